The van der Waals surface area contributed by atoms with Gasteiger partial charge in [0.25, 0.3) is 0 Å². The van der Waals surface area contributed by atoms with Gasteiger partial charge in [-0.2, -0.15) is 0 Å². The summed E-state index contributed by atoms with van der Waals surface area (Å²) >= 11 is 0. The Labute approximate surface area is 111 Å². The topological polar surface area (TPSA) is 35.5 Å². The maximum absolute atomic E-state index is 9.20. The predicted octanol–water partition coefficient (Wildman–Crippen LogP) is 2.60. The highest BCUT2D eigenvalue weighted by Gasteiger charge is 2.11. The van der Waals surface area contributed by atoms with Crippen molar-refractivity contribution in [3.63, 3.8) is 0 Å². The fraction of sp³-hybridized carbons (Fsp3) is 0.600. The van der Waals surface area contributed by atoms with E-state index in [9.17, 15) is 5.11 Å². The van der Waals surface area contributed by atoms with Crippen molar-refractivity contribution in [1.29, 1.82) is 0 Å². The number of rotatable bonds is 7. The van der Waals surface area contributed by atoms with Gasteiger partial charge in [0.05, 0.1) is 0 Å². The molecule has 0 saturated carbocycles. The first-order valence-corrected chi connectivity index (χ1v) is 6.75. The van der Waals surface area contributed by atoms with Gasteiger partial charge in [-0.25, -0.2) is 0 Å². The minimum atomic E-state index is 0.324. The standard InChI is InChI=1S/C15H26N2O/c1-12(2)17(13(3)4)10-9-16-11-14-5-7-15(18)8-6-14/h5-8,12-13,16,18H,9-11H2,1-4H3. The second-order valence-electron chi connectivity index (χ2n) is 5.27. The zero-order valence-electron chi connectivity index (χ0n) is 12.0. The Morgan fingerprint density at radius 1 is 1.06 bits per heavy atom. The van der Waals surface area contributed by atoms with E-state index < -0.39 is 0 Å². The molecule has 0 radical (unpaired) electrons. The van der Waals surface area contributed by atoms with Crippen molar-refractivity contribution in [3.8, 4) is 5.75 Å². The van der Waals surface area contributed by atoms with Crippen molar-refractivity contribution in [3.05, 3.63) is 29.8 Å². The van der Waals surface area contributed by atoms with Gasteiger partial charge in [0.1, 0.15) is 5.75 Å². The van der Waals surface area contributed by atoms with Crippen molar-refractivity contribution in [2.75, 3.05) is 13.1 Å². The fourth-order valence-electron chi connectivity index (χ4n) is 2.17. The molecule has 0 amide bonds. The van der Waals surface area contributed by atoms with Gasteiger partial charge in [0.15, 0.2) is 0 Å². The first-order chi connectivity index (χ1) is 8.50. The lowest BCUT2D eigenvalue weighted by molar-refractivity contribution is 0.176. The van der Waals surface area contributed by atoms with E-state index in [0.29, 0.717) is 17.8 Å². The van der Waals surface area contributed by atoms with Crippen molar-refractivity contribution in [2.24, 2.45) is 0 Å². The van der Waals surface area contributed by atoms with Crippen LogP contribution in [0.1, 0.15) is 33.3 Å². The molecule has 18 heavy (non-hydrogen) atoms. The van der Waals surface area contributed by atoms with Gasteiger partial charge in [-0.05, 0) is 45.4 Å². The van der Waals surface area contributed by atoms with E-state index in [1.165, 1.54) is 5.56 Å². The van der Waals surface area contributed by atoms with Crippen molar-refractivity contribution in [1.82, 2.24) is 10.2 Å². The average Bonchev–Trinajstić information content (AvgIpc) is 2.30. The number of hydrogen-bond donors (Lipinski definition) is 2. The molecule has 1 aromatic carbocycles. The van der Waals surface area contributed by atoms with Crippen LogP contribution in [0.3, 0.4) is 0 Å². The number of aromatic hydroxyl groups is 1. The third kappa shape index (κ3) is 5.07. The lowest BCUT2D eigenvalue weighted by atomic mass is 10.2. The molecule has 0 fully saturated rings. The molecule has 3 heteroatoms. The molecule has 0 atom stereocenters. The molecule has 0 heterocycles. The Morgan fingerprint density at radius 3 is 2.11 bits per heavy atom. The van der Waals surface area contributed by atoms with Crippen LogP contribution in [0.25, 0.3) is 0 Å². The molecular weight excluding hydrogens is 224 g/mol. The number of nitrogens with zero attached hydrogens (tertiary/aromatic N) is 1. The highest BCUT2D eigenvalue weighted by atomic mass is 16.3. The zero-order valence-corrected chi connectivity index (χ0v) is 12.0. The van der Waals surface area contributed by atoms with E-state index >= 15 is 0 Å². The normalized spacial score (nSPS) is 11.7. The summed E-state index contributed by atoms with van der Waals surface area (Å²) in [6, 6.07) is 8.52. The molecule has 0 spiro atoms. The Balaban J connectivity index is 2.27. The van der Waals surface area contributed by atoms with Crippen molar-refractivity contribution in [2.45, 2.75) is 46.3 Å². The van der Waals surface area contributed by atoms with Gasteiger partial charge in [-0.15, -0.1) is 0 Å². The minimum absolute atomic E-state index is 0.324. The molecule has 3 nitrogen and oxygen atoms in total. The van der Waals surface area contributed by atoms with Crippen molar-refractivity contribution >= 4 is 0 Å². The molecule has 0 unspecified atom stereocenters. The number of phenols is 1. The first kappa shape index (κ1) is 15.0. The largest absolute Gasteiger partial charge is 0.508 e. The summed E-state index contributed by atoms with van der Waals surface area (Å²) < 4.78 is 0. The fourth-order valence-corrected chi connectivity index (χ4v) is 2.17. The molecule has 0 aromatic heterocycles. The second kappa shape index (κ2) is 7.39. The number of benzene rings is 1. The van der Waals surface area contributed by atoms with Crippen LogP contribution >= 0.6 is 0 Å². The molecule has 102 valence electrons. The summed E-state index contributed by atoms with van der Waals surface area (Å²) in [5.74, 6) is 0.324. The van der Waals surface area contributed by atoms with Crippen LogP contribution in [0.2, 0.25) is 0 Å². The van der Waals surface area contributed by atoms with Gasteiger partial charge in [-0.1, -0.05) is 12.1 Å². The number of nitrogens with one attached hydrogen (secondary N) is 1. The zero-order chi connectivity index (χ0) is 13.5. The molecule has 0 aliphatic heterocycles. The lowest BCUT2D eigenvalue weighted by Gasteiger charge is -2.30. The van der Waals surface area contributed by atoms with E-state index in [1.807, 2.05) is 12.1 Å². The average molecular weight is 250 g/mol. The Bertz CT molecular complexity index is 325. The van der Waals surface area contributed by atoms with E-state index in [-0.39, 0.29) is 0 Å². The Kier molecular flexibility index (Phi) is 6.16. The summed E-state index contributed by atoms with van der Waals surface area (Å²) in [6.07, 6.45) is 0. The molecule has 1 rings (SSSR count). The minimum Gasteiger partial charge on any atom is -0.508 e. The molecule has 0 bridgehead atoms. The van der Waals surface area contributed by atoms with E-state index in [0.717, 1.165) is 19.6 Å². The summed E-state index contributed by atoms with van der Waals surface area (Å²) in [6.45, 7) is 11.8. The highest BCUT2D eigenvalue weighted by molar-refractivity contribution is 5.25. The molecule has 1 aromatic rings. The van der Waals surface area contributed by atoms with Crippen LogP contribution < -0.4 is 5.32 Å². The van der Waals surface area contributed by atoms with Crippen LogP contribution in [0.4, 0.5) is 0 Å². The molecule has 0 saturated heterocycles. The number of phenolic OH excluding ortho intramolecular Hbond substituents is 1. The molecular formula is C15H26N2O. The second-order valence-corrected chi connectivity index (χ2v) is 5.27. The smallest absolute Gasteiger partial charge is 0.115 e. The van der Waals surface area contributed by atoms with Crippen LogP contribution in [0.15, 0.2) is 24.3 Å². The third-order valence-corrected chi connectivity index (χ3v) is 3.14. The van der Waals surface area contributed by atoms with Crippen LogP contribution in [-0.4, -0.2) is 35.2 Å². The van der Waals surface area contributed by atoms with Gasteiger partial charge >= 0.3 is 0 Å². The molecule has 2 N–H and O–H groups in total. The lowest BCUT2D eigenvalue weighted by Crippen LogP contribution is -2.41. The van der Waals surface area contributed by atoms with Crippen LogP contribution in [0, 0.1) is 0 Å². The predicted molar refractivity (Wildman–Crippen MR) is 76.8 cm³/mol. The highest BCUT2D eigenvalue weighted by Crippen LogP contribution is 2.09. The quantitative estimate of drug-likeness (QED) is 0.730. The van der Waals surface area contributed by atoms with Crippen LogP contribution in [-0.2, 0) is 6.54 Å². The van der Waals surface area contributed by atoms with Crippen molar-refractivity contribution < 1.29 is 5.11 Å². The maximum Gasteiger partial charge on any atom is 0.115 e. The van der Waals surface area contributed by atoms with E-state index in [4.69, 9.17) is 0 Å². The van der Waals surface area contributed by atoms with Gasteiger partial charge in [0.2, 0.25) is 0 Å². The Hall–Kier alpha value is -1.06. The van der Waals surface area contributed by atoms with Gasteiger partial charge in [0, 0.05) is 31.7 Å². The summed E-state index contributed by atoms with van der Waals surface area (Å²) in [4.78, 5) is 2.48. The summed E-state index contributed by atoms with van der Waals surface area (Å²) in [5, 5.41) is 12.6. The SMILES string of the molecule is CC(C)N(CCNCc1ccc(O)cc1)C(C)C. The third-order valence-electron chi connectivity index (χ3n) is 3.14. The summed E-state index contributed by atoms with van der Waals surface area (Å²) in [7, 11) is 0. The van der Waals surface area contributed by atoms with Gasteiger partial charge < -0.3 is 10.4 Å². The van der Waals surface area contributed by atoms with Crippen LogP contribution in [0.5, 0.6) is 5.75 Å². The first-order valence-electron chi connectivity index (χ1n) is 6.75. The van der Waals surface area contributed by atoms with E-state index in [1.54, 1.807) is 12.1 Å². The Morgan fingerprint density at radius 2 is 1.61 bits per heavy atom. The molecule has 0 aliphatic carbocycles. The monoisotopic (exact) mass is 250 g/mol. The molecule has 0 aliphatic rings. The van der Waals surface area contributed by atoms with E-state index in [2.05, 4.69) is 37.9 Å². The number of hydrogen-bond acceptors (Lipinski definition) is 3. The summed E-state index contributed by atoms with van der Waals surface area (Å²) in [5.41, 5.74) is 1.20. The maximum atomic E-state index is 9.20. The van der Waals surface area contributed by atoms with Gasteiger partial charge in [-0.3, -0.25) is 4.90 Å².